The molecule has 0 aliphatic heterocycles. The Hall–Kier alpha value is -3.17. The van der Waals surface area contributed by atoms with Gasteiger partial charge in [0.1, 0.15) is 30.3 Å². The van der Waals surface area contributed by atoms with Crippen LogP contribution in [0.15, 0.2) is 84.0 Å². The van der Waals surface area contributed by atoms with Crippen LogP contribution in [0.4, 0.5) is 0 Å². The molecule has 4 rings (SSSR count). The summed E-state index contributed by atoms with van der Waals surface area (Å²) < 4.78 is 42.6. The standard InChI is InChI=1S/C32H33Cl2NO6S/c1-31(2)27(24-9-5-4-6-10-24)11-7-12-32(31,41-14-8-13-33)22-40-30-17-29(25(20-36)16-28(30)34)39-21-23-15-26(19-35-18-23)42(3,37)38/h4-7,9-12,15-20H,8,13-14,21-22H2,1-3H3. The summed E-state index contributed by atoms with van der Waals surface area (Å²) in [6, 6.07) is 14.6. The first-order valence-electron chi connectivity index (χ1n) is 13.3. The molecule has 2 aromatic carbocycles. The van der Waals surface area contributed by atoms with Crippen molar-refractivity contribution in [2.24, 2.45) is 5.41 Å². The molecule has 1 heterocycles. The van der Waals surface area contributed by atoms with E-state index in [1.807, 2.05) is 30.4 Å². The van der Waals surface area contributed by atoms with E-state index in [1.165, 1.54) is 24.5 Å². The van der Waals surface area contributed by atoms with Crippen molar-refractivity contribution in [2.45, 2.75) is 37.4 Å². The fraction of sp³-hybridized carbons (Fsp3) is 0.312. The van der Waals surface area contributed by atoms with Crippen LogP contribution in [-0.2, 0) is 21.2 Å². The first kappa shape index (κ1) is 31.8. The van der Waals surface area contributed by atoms with Gasteiger partial charge in [0.25, 0.3) is 0 Å². The number of pyridine rings is 1. The maximum Gasteiger partial charge on any atom is 0.177 e. The van der Waals surface area contributed by atoms with E-state index in [0.29, 0.717) is 36.5 Å². The molecule has 7 nitrogen and oxygen atoms in total. The Morgan fingerprint density at radius 3 is 2.48 bits per heavy atom. The molecule has 42 heavy (non-hydrogen) atoms. The lowest BCUT2D eigenvalue weighted by molar-refractivity contribution is -0.0906. The van der Waals surface area contributed by atoms with Gasteiger partial charge in [-0.2, -0.15) is 0 Å². The Bertz CT molecular complexity index is 1590. The zero-order valence-electron chi connectivity index (χ0n) is 23.7. The lowest BCUT2D eigenvalue weighted by Gasteiger charge is -2.47. The number of nitrogens with zero attached hydrogens (tertiary/aromatic N) is 1. The van der Waals surface area contributed by atoms with Crippen LogP contribution in [0.25, 0.3) is 5.57 Å². The van der Waals surface area contributed by atoms with Crippen LogP contribution in [0.1, 0.15) is 41.8 Å². The Labute approximate surface area is 257 Å². The van der Waals surface area contributed by atoms with Crippen molar-refractivity contribution >= 4 is 44.9 Å². The topological polar surface area (TPSA) is 91.8 Å². The summed E-state index contributed by atoms with van der Waals surface area (Å²) in [5.41, 5.74) is 1.53. The van der Waals surface area contributed by atoms with E-state index in [9.17, 15) is 13.2 Å². The first-order chi connectivity index (χ1) is 20.0. The molecule has 1 unspecified atom stereocenters. The quantitative estimate of drug-likeness (QED) is 0.114. The van der Waals surface area contributed by atoms with Crippen molar-refractivity contribution in [1.29, 1.82) is 0 Å². The molecule has 0 bridgehead atoms. The third-order valence-corrected chi connectivity index (χ3v) is 8.95. The van der Waals surface area contributed by atoms with E-state index in [1.54, 1.807) is 6.07 Å². The van der Waals surface area contributed by atoms with Crippen LogP contribution in [0.3, 0.4) is 0 Å². The van der Waals surface area contributed by atoms with E-state index in [4.69, 9.17) is 37.4 Å². The van der Waals surface area contributed by atoms with Crippen LogP contribution >= 0.6 is 23.2 Å². The van der Waals surface area contributed by atoms with Crippen molar-refractivity contribution in [2.75, 3.05) is 25.3 Å². The molecule has 0 fully saturated rings. The molecule has 1 aliphatic carbocycles. The monoisotopic (exact) mass is 629 g/mol. The van der Waals surface area contributed by atoms with Gasteiger partial charge >= 0.3 is 0 Å². The number of ether oxygens (including phenoxy) is 3. The Morgan fingerprint density at radius 2 is 1.79 bits per heavy atom. The van der Waals surface area contributed by atoms with Crippen LogP contribution in [0.2, 0.25) is 5.02 Å². The molecule has 0 saturated heterocycles. The van der Waals surface area contributed by atoms with Gasteiger partial charge < -0.3 is 14.2 Å². The molecule has 10 heteroatoms. The summed E-state index contributed by atoms with van der Waals surface area (Å²) in [6.07, 6.45) is 11.2. The number of alkyl halides is 1. The maximum atomic E-state index is 11.9. The predicted molar refractivity (Wildman–Crippen MR) is 165 cm³/mol. The van der Waals surface area contributed by atoms with Gasteiger partial charge in [-0.1, -0.05) is 67.9 Å². The highest BCUT2D eigenvalue weighted by Crippen LogP contribution is 2.49. The Balaban J connectivity index is 1.61. The number of hydrogen-bond donors (Lipinski definition) is 0. The average Bonchev–Trinajstić information content (AvgIpc) is 2.97. The van der Waals surface area contributed by atoms with Crippen molar-refractivity contribution in [3.63, 3.8) is 0 Å². The largest absolute Gasteiger partial charge is 0.488 e. The molecule has 1 atom stereocenters. The van der Waals surface area contributed by atoms with Crippen LogP contribution < -0.4 is 9.47 Å². The zero-order chi connectivity index (χ0) is 30.4. The Morgan fingerprint density at radius 1 is 1.02 bits per heavy atom. The van der Waals surface area contributed by atoms with Gasteiger partial charge in [0.2, 0.25) is 0 Å². The highest BCUT2D eigenvalue weighted by Gasteiger charge is 2.49. The van der Waals surface area contributed by atoms with Crippen molar-refractivity contribution < 1.29 is 27.4 Å². The molecule has 0 spiro atoms. The average molecular weight is 631 g/mol. The molecular weight excluding hydrogens is 597 g/mol. The lowest BCUT2D eigenvalue weighted by atomic mass is 9.65. The minimum absolute atomic E-state index is 0.0231. The molecule has 1 aliphatic rings. The van der Waals surface area contributed by atoms with E-state index >= 15 is 0 Å². The molecule has 0 N–H and O–H groups in total. The summed E-state index contributed by atoms with van der Waals surface area (Å²) in [4.78, 5) is 15.9. The van der Waals surface area contributed by atoms with Crippen LogP contribution in [0.5, 0.6) is 11.5 Å². The predicted octanol–water partition coefficient (Wildman–Crippen LogP) is 6.97. The number of halogens is 2. The number of allylic oxidation sites excluding steroid dienone is 2. The van der Waals surface area contributed by atoms with Gasteiger partial charge in [0.15, 0.2) is 16.1 Å². The van der Waals surface area contributed by atoms with Gasteiger partial charge in [-0.3, -0.25) is 9.78 Å². The molecule has 0 amide bonds. The molecule has 222 valence electrons. The second-order valence-corrected chi connectivity index (χ2v) is 13.3. The highest BCUT2D eigenvalue weighted by molar-refractivity contribution is 7.90. The lowest BCUT2D eigenvalue weighted by Crippen LogP contribution is -2.52. The third-order valence-electron chi connectivity index (χ3n) is 7.31. The van der Waals surface area contributed by atoms with Gasteiger partial charge in [-0.15, -0.1) is 11.6 Å². The third kappa shape index (κ3) is 7.06. The SMILES string of the molecule is CC1(C)C(c2ccccc2)=CC=CC1(COc1cc(OCc2cncc(S(C)(=O)=O)c2)c(C=O)cc1Cl)OCCCCl. The van der Waals surface area contributed by atoms with Gasteiger partial charge in [-0.05, 0) is 35.8 Å². The summed E-state index contributed by atoms with van der Waals surface area (Å²) in [5, 5.41) is 0.234. The fourth-order valence-corrected chi connectivity index (χ4v) is 5.75. The number of sulfone groups is 1. The molecule has 3 aromatic rings. The number of carbonyl (C=O) groups excluding carboxylic acids is 1. The smallest absolute Gasteiger partial charge is 0.177 e. The van der Waals surface area contributed by atoms with Crippen LogP contribution in [0, 0.1) is 5.41 Å². The summed E-state index contributed by atoms with van der Waals surface area (Å²) >= 11 is 12.5. The van der Waals surface area contributed by atoms with Crippen molar-refractivity contribution in [3.05, 3.63) is 101 Å². The maximum absolute atomic E-state index is 11.9. The Kier molecular flexibility index (Phi) is 10.1. The fourth-order valence-electron chi connectivity index (χ4n) is 4.80. The highest BCUT2D eigenvalue weighted by atomic mass is 35.5. The number of hydrogen-bond acceptors (Lipinski definition) is 7. The van der Waals surface area contributed by atoms with E-state index < -0.39 is 20.9 Å². The molecule has 1 aromatic heterocycles. The second-order valence-electron chi connectivity index (χ2n) is 10.5. The first-order valence-corrected chi connectivity index (χ1v) is 16.1. The normalized spacial score (nSPS) is 17.9. The van der Waals surface area contributed by atoms with Gasteiger partial charge in [-0.25, -0.2) is 8.42 Å². The van der Waals surface area contributed by atoms with Crippen molar-refractivity contribution in [3.8, 4) is 11.5 Å². The summed E-state index contributed by atoms with van der Waals surface area (Å²) in [6.45, 7) is 4.75. The second kappa shape index (κ2) is 13.4. The zero-order valence-corrected chi connectivity index (χ0v) is 26.0. The molecule has 0 saturated carbocycles. The number of benzene rings is 2. The van der Waals surface area contributed by atoms with Gasteiger partial charge in [0.05, 0.1) is 15.5 Å². The van der Waals surface area contributed by atoms with E-state index in [0.717, 1.165) is 17.4 Å². The van der Waals surface area contributed by atoms with Crippen LogP contribution in [-0.4, -0.2) is 50.6 Å². The van der Waals surface area contributed by atoms with E-state index in [-0.39, 0.29) is 34.4 Å². The number of aldehydes is 1. The number of rotatable bonds is 13. The molecular formula is C32H33Cl2NO6S. The minimum atomic E-state index is -3.44. The number of carbonyl (C=O) groups is 1. The minimum Gasteiger partial charge on any atom is -0.488 e. The van der Waals surface area contributed by atoms with Gasteiger partial charge in [0, 0.05) is 48.2 Å². The summed E-state index contributed by atoms with van der Waals surface area (Å²) in [7, 11) is -3.44. The number of aromatic nitrogens is 1. The van der Waals surface area contributed by atoms with E-state index in [2.05, 4.69) is 37.0 Å². The molecule has 0 radical (unpaired) electrons. The summed E-state index contributed by atoms with van der Waals surface area (Å²) in [5.74, 6) is 1.00. The van der Waals surface area contributed by atoms with Crippen molar-refractivity contribution in [1.82, 2.24) is 4.98 Å².